The highest BCUT2D eigenvalue weighted by molar-refractivity contribution is 5.95. The van der Waals surface area contributed by atoms with E-state index < -0.39 is 24.5 Å². The molecule has 2 rings (SSSR count). The first-order chi connectivity index (χ1) is 13.3. The van der Waals surface area contributed by atoms with Crippen LogP contribution in [-0.2, 0) is 27.8 Å². The molecule has 0 radical (unpaired) electrons. The fraction of sp³-hybridized carbons (Fsp3) is 0.421. The van der Waals surface area contributed by atoms with Gasteiger partial charge in [0.2, 0.25) is 0 Å². The van der Waals surface area contributed by atoms with Gasteiger partial charge in [-0.3, -0.25) is 24.3 Å². The summed E-state index contributed by atoms with van der Waals surface area (Å²) >= 11 is 0. The van der Waals surface area contributed by atoms with Crippen LogP contribution in [0.25, 0.3) is 10.9 Å². The van der Waals surface area contributed by atoms with Crippen LogP contribution in [0, 0.1) is 5.92 Å². The van der Waals surface area contributed by atoms with Gasteiger partial charge in [0.1, 0.15) is 5.82 Å². The molecule has 0 saturated carbocycles. The molecule has 0 aliphatic carbocycles. The SMILES string of the molecule is CC(C)CNC(=O)NC(=O)COC(=O)CCc1nc2ccccc2c(=O)n1C. The normalized spacial score (nSPS) is 10.7. The Hall–Kier alpha value is -3.23. The van der Waals surface area contributed by atoms with Crippen molar-refractivity contribution in [3.05, 3.63) is 40.4 Å². The van der Waals surface area contributed by atoms with Gasteiger partial charge >= 0.3 is 12.0 Å². The van der Waals surface area contributed by atoms with Gasteiger partial charge in [-0.15, -0.1) is 0 Å². The molecule has 28 heavy (non-hydrogen) atoms. The molecule has 3 amide bonds. The lowest BCUT2D eigenvalue weighted by atomic mass is 10.2. The minimum Gasteiger partial charge on any atom is -0.456 e. The lowest BCUT2D eigenvalue weighted by Crippen LogP contribution is -2.42. The second-order valence-electron chi connectivity index (χ2n) is 6.72. The molecule has 0 bridgehead atoms. The number of imide groups is 1. The summed E-state index contributed by atoms with van der Waals surface area (Å²) in [5.41, 5.74) is 0.363. The second-order valence-corrected chi connectivity index (χ2v) is 6.72. The molecule has 0 fully saturated rings. The van der Waals surface area contributed by atoms with Gasteiger partial charge in [0.15, 0.2) is 6.61 Å². The number of carbonyl (C=O) groups excluding carboxylic acids is 3. The van der Waals surface area contributed by atoms with E-state index in [0.29, 0.717) is 23.3 Å². The summed E-state index contributed by atoms with van der Waals surface area (Å²) in [6, 6.07) is 6.33. The highest BCUT2D eigenvalue weighted by Crippen LogP contribution is 2.08. The van der Waals surface area contributed by atoms with E-state index in [4.69, 9.17) is 4.74 Å². The monoisotopic (exact) mass is 388 g/mol. The Kier molecular flexibility index (Phi) is 7.25. The number of rotatable bonds is 7. The number of aromatic nitrogens is 2. The Morgan fingerprint density at radius 2 is 1.93 bits per heavy atom. The molecular weight excluding hydrogens is 364 g/mol. The van der Waals surface area contributed by atoms with E-state index in [-0.39, 0.29) is 24.3 Å². The Balaban J connectivity index is 1.84. The van der Waals surface area contributed by atoms with Gasteiger partial charge < -0.3 is 10.1 Å². The molecule has 1 aromatic heterocycles. The number of aryl methyl sites for hydroxylation is 1. The summed E-state index contributed by atoms with van der Waals surface area (Å²) in [6.07, 6.45) is 0.136. The molecule has 0 aliphatic heterocycles. The highest BCUT2D eigenvalue weighted by Gasteiger charge is 2.13. The quantitative estimate of drug-likeness (QED) is 0.680. The van der Waals surface area contributed by atoms with Crippen molar-refractivity contribution in [2.24, 2.45) is 13.0 Å². The van der Waals surface area contributed by atoms with Crippen LogP contribution in [0.1, 0.15) is 26.1 Å². The molecule has 1 heterocycles. The second kappa shape index (κ2) is 9.63. The number of carbonyl (C=O) groups is 3. The van der Waals surface area contributed by atoms with Gasteiger partial charge in [0.25, 0.3) is 11.5 Å². The number of esters is 1. The third kappa shape index (κ3) is 5.90. The van der Waals surface area contributed by atoms with Crippen LogP contribution >= 0.6 is 0 Å². The van der Waals surface area contributed by atoms with Gasteiger partial charge in [0.05, 0.1) is 17.3 Å². The standard InChI is InChI=1S/C19H24N4O5/c1-12(2)10-20-19(27)22-16(24)11-28-17(25)9-8-15-21-14-7-5-4-6-13(14)18(26)23(15)3/h4-7,12H,8-11H2,1-3H3,(H2,20,22,24,27). The minimum atomic E-state index is -0.717. The van der Waals surface area contributed by atoms with E-state index in [0.717, 1.165) is 0 Å². The average molecular weight is 388 g/mol. The number of ether oxygens (including phenoxy) is 1. The number of hydrogen-bond acceptors (Lipinski definition) is 6. The maximum atomic E-state index is 12.3. The first kappa shape index (κ1) is 21.1. The predicted octanol–water partition coefficient (Wildman–Crippen LogP) is 0.891. The van der Waals surface area contributed by atoms with Crippen molar-refractivity contribution in [3.8, 4) is 0 Å². The minimum absolute atomic E-state index is 0.0502. The number of para-hydroxylation sites is 1. The Morgan fingerprint density at radius 1 is 1.21 bits per heavy atom. The van der Waals surface area contributed by atoms with Gasteiger partial charge in [0, 0.05) is 20.0 Å². The van der Waals surface area contributed by atoms with Crippen molar-refractivity contribution in [3.63, 3.8) is 0 Å². The summed E-state index contributed by atoms with van der Waals surface area (Å²) in [7, 11) is 1.59. The zero-order valence-corrected chi connectivity index (χ0v) is 16.2. The molecule has 0 aliphatic rings. The molecule has 0 saturated heterocycles. The number of hydrogen-bond donors (Lipinski definition) is 2. The number of fused-ring (bicyclic) bond motifs is 1. The lowest BCUT2D eigenvalue weighted by molar-refractivity contribution is -0.148. The molecule has 9 nitrogen and oxygen atoms in total. The topological polar surface area (TPSA) is 119 Å². The number of urea groups is 1. The van der Waals surface area contributed by atoms with Crippen molar-refractivity contribution >= 4 is 28.8 Å². The van der Waals surface area contributed by atoms with E-state index in [2.05, 4.69) is 15.6 Å². The molecule has 0 atom stereocenters. The summed E-state index contributed by atoms with van der Waals surface area (Å²) in [5.74, 6) is -0.650. The maximum Gasteiger partial charge on any atom is 0.321 e. The van der Waals surface area contributed by atoms with Crippen molar-refractivity contribution in [1.82, 2.24) is 20.2 Å². The van der Waals surface area contributed by atoms with Crippen LogP contribution in [0.15, 0.2) is 29.1 Å². The van der Waals surface area contributed by atoms with E-state index in [1.807, 2.05) is 13.8 Å². The number of benzene rings is 1. The maximum absolute atomic E-state index is 12.3. The summed E-state index contributed by atoms with van der Waals surface area (Å²) in [4.78, 5) is 51.7. The van der Waals surface area contributed by atoms with Crippen molar-refractivity contribution in [2.45, 2.75) is 26.7 Å². The van der Waals surface area contributed by atoms with Crippen LogP contribution in [0.2, 0.25) is 0 Å². The average Bonchev–Trinajstić information content (AvgIpc) is 2.66. The fourth-order valence-electron chi connectivity index (χ4n) is 2.42. The van der Waals surface area contributed by atoms with Crippen LogP contribution < -0.4 is 16.2 Å². The van der Waals surface area contributed by atoms with Crippen LogP contribution in [0.5, 0.6) is 0 Å². The first-order valence-corrected chi connectivity index (χ1v) is 8.96. The molecule has 150 valence electrons. The van der Waals surface area contributed by atoms with Crippen molar-refractivity contribution < 1.29 is 19.1 Å². The summed E-state index contributed by atoms with van der Waals surface area (Å²) in [6.45, 7) is 3.71. The third-order valence-corrected chi connectivity index (χ3v) is 3.92. The largest absolute Gasteiger partial charge is 0.456 e. The number of nitrogens with one attached hydrogen (secondary N) is 2. The van der Waals surface area contributed by atoms with E-state index in [1.54, 1.807) is 31.3 Å². The summed E-state index contributed by atoms with van der Waals surface area (Å²) < 4.78 is 6.25. The van der Waals surface area contributed by atoms with Crippen molar-refractivity contribution in [1.29, 1.82) is 0 Å². The molecule has 2 aromatic rings. The van der Waals surface area contributed by atoms with Gasteiger partial charge in [-0.1, -0.05) is 26.0 Å². The van der Waals surface area contributed by atoms with E-state index >= 15 is 0 Å². The third-order valence-electron chi connectivity index (χ3n) is 3.92. The summed E-state index contributed by atoms with van der Waals surface area (Å²) in [5, 5.41) is 5.10. The fourth-order valence-corrected chi connectivity index (χ4v) is 2.42. The molecule has 2 N–H and O–H groups in total. The van der Waals surface area contributed by atoms with Crippen LogP contribution in [0.4, 0.5) is 4.79 Å². The Morgan fingerprint density at radius 3 is 2.64 bits per heavy atom. The van der Waals surface area contributed by atoms with E-state index in [9.17, 15) is 19.2 Å². The zero-order chi connectivity index (χ0) is 20.7. The molecule has 1 aromatic carbocycles. The highest BCUT2D eigenvalue weighted by atomic mass is 16.5. The van der Waals surface area contributed by atoms with Crippen molar-refractivity contribution in [2.75, 3.05) is 13.2 Å². The van der Waals surface area contributed by atoms with Gasteiger partial charge in [-0.05, 0) is 18.1 Å². The molecule has 0 unspecified atom stereocenters. The lowest BCUT2D eigenvalue weighted by Gasteiger charge is -2.10. The smallest absolute Gasteiger partial charge is 0.321 e. The Bertz CT molecular complexity index is 936. The Labute approximate surface area is 162 Å². The van der Waals surface area contributed by atoms with Crippen LogP contribution in [0.3, 0.4) is 0 Å². The van der Waals surface area contributed by atoms with Gasteiger partial charge in [-0.25, -0.2) is 9.78 Å². The predicted molar refractivity (Wildman–Crippen MR) is 103 cm³/mol. The van der Waals surface area contributed by atoms with Crippen LogP contribution in [-0.4, -0.2) is 40.6 Å². The van der Waals surface area contributed by atoms with E-state index in [1.165, 1.54) is 4.57 Å². The zero-order valence-electron chi connectivity index (χ0n) is 16.2. The molecule has 0 spiro atoms. The molecule has 9 heteroatoms. The number of nitrogens with zero attached hydrogens (tertiary/aromatic N) is 2. The van der Waals surface area contributed by atoms with Gasteiger partial charge in [-0.2, -0.15) is 0 Å². The number of amides is 3. The first-order valence-electron chi connectivity index (χ1n) is 8.96. The molecular formula is C19H24N4O5.